The molecule has 0 bridgehead atoms. The fourth-order valence-corrected chi connectivity index (χ4v) is 2.67. The maximum Gasteiger partial charge on any atom is 0.138 e. The van der Waals surface area contributed by atoms with E-state index in [1.165, 1.54) is 0 Å². The monoisotopic (exact) mass is 338 g/mol. The fourth-order valence-electron chi connectivity index (χ4n) is 2.67. The number of aromatic hydroxyl groups is 2. The van der Waals surface area contributed by atoms with Gasteiger partial charge in [-0.1, -0.05) is 38.1 Å². The van der Waals surface area contributed by atoms with Crippen molar-refractivity contribution in [3.05, 3.63) is 72.8 Å². The molecule has 4 heteroatoms. The first-order valence-electron chi connectivity index (χ1n) is 8.26. The average Bonchev–Trinajstić information content (AvgIpc) is 2.59. The molecule has 0 heterocycles. The Hall–Kier alpha value is -2.88. The van der Waals surface area contributed by atoms with Gasteiger partial charge in [-0.3, -0.25) is 0 Å². The summed E-state index contributed by atoms with van der Waals surface area (Å²) in [4.78, 5) is 0. The number of phenols is 2. The van der Waals surface area contributed by atoms with E-state index in [1.807, 2.05) is 24.3 Å². The van der Waals surface area contributed by atoms with Crippen molar-refractivity contribution in [2.45, 2.75) is 19.3 Å². The van der Waals surface area contributed by atoms with E-state index in [1.54, 1.807) is 24.3 Å². The molecule has 0 amide bonds. The molecule has 0 saturated carbocycles. The van der Waals surface area contributed by atoms with Crippen LogP contribution in [0.5, 0.6) is 11.5 Å². The number of hydrogen-bond donors (Lipinski definition) is 4. The van der Waals surface area contributed by atoms with Crippen molar-refractivity contribution in [3.63, 3.8) is 0 Å². The molecule has 2 aromatic carbocycles. The quantitative estimate of drug-likeness (QED) is 0.419. The van der Waals surface area contributed by atoms with E-state index in [-0.39, 0.29) is 16.9 Å². The van der Waals surface area contributed by atoms with Crippen molar-refractivity contribution in [3.8, 4) is 11.5 Å². The number of phenolic OH excluding ortho intramolecular Hbond substituents is 2. The zero-order valence-electron chi connectivity index (χ0n) is 14.8. The third kappa shape index (κ3) is 4.15. The molecule has 0 fully saturated rings. The smallest absolute Gasteiger partial charge is 0.138 e. The highest BCUT2D eigenvalue weighted by Gasteiger charge is 2.25. The van der Waals surface area contributed by atoms with Crippen molar-refractivity contribution < 1.29 is 10.2 Å². The predicted octanol–water partition coefficient (Wildman–Crippen LogP) is 4.62. The summed E-state index contributed by atoms with van der Waals surface area (Å²) in [5.74, 6) is 0.391. The van der Waals surface area contributed by atoms with Gasteiger partial charge in [0.2, 0.25) is 0 Å². The van der Waals surface area contributed by atoms with Gasteiger partial charge in [0.1, 0.15) is 11.5 Å². The van der Waals surface area contributed by atoms with Crippen LogP contribution < -0.4 is 10.6 Å². The van der Waals surface area contributed by atoms with Gasteiger partial charge in [-0.25, -0.2) is 0 Å². The van der Waals surface area contributed by atoms with Crippen LogP contribution in [-0.2, 0) is 5.41 Å². The number of anilines is 2. The molecular formula is C21H26N2O2. The summed E-state index contributed by atoms with van der Waals surface area (Å²) in [7, 11) is 0. The summed E-state index contributed by atoms with van der Waals surface area (Å²) in [5.41, 5.74) is 2.89. The molecule has 0 aromatic heterocycles. The van der Waals surface area contributed by atoms with Crippen molar-refractivity contribution in [2.75, 3.05) is 23.7 Å². The maximum absolute atomic E-state index is 10.3. The van der Waals surface area contributed by atoms with Gasteiger partial charge >= 0.3 is 0 Å². The Balaban J connectivity index is 2.31. The van der Waals surface area contributed by atoms with E-state index < -0.39 is 0 Å². The lowest BCUT2D eigenvalue weighted by molar-refractivity contribution is 0.472. The van der Waals surface area contributed by atoms with E-state index in [0.717, 1.165) is 11.1 Å². The molecule has 4 N–H and O–H groups in total. The minimum Gasteiger partial charge on any atom is -0.506 e. The molecule has 0 spiro atoms. The van der Waals surface area contributed by atoms with Crippen LogP contribution in [0.2, 0.25) is 0 Å². The van der Waals surface area contributed by atoms with E-state index in [9.17, 15) is 10.2 Å². The first kappa shape index (κ1) is 18.5. The summed E-state index contributed by atoms with van der Waals surface area (Å²) in [6, 6.07) is 11.2. The molecule has 0 atom stereocenters. The second kappa shape index (κ2) is 7.79. The van der Waals surface area contributed by atoms with Crippen LogP contribution in [0, 0.1) is 0 Å². The third-order valence-corrected chi connectivity index (χ3v) is 4.31. The molecule has 0 aliphatic carbocycles. The Bertz CT molecular complexity index is 703. The van der Waals surface area contributed by atoms with Crippen LogP contribution >= 0.6 is 0 Å². The van der Waals surface area contributed by atoms with Crippen LogP contribution in [0.15, 0.2) is 61.7 Å². The van der Waals surface area contributed by atoms with Gasteiger partial charge in [-0.05, 0) is 35.4 Å². The summed E-state index contributed by atoms with van der Waals surface area (Å²) < 4.78 is 0. The van der Waals surface area contributed by atoms with E-state index >= 15 is 0 Å². The van der Waals surface area contributed by atoms with Gasteiger partial charge in [0.15, 0.2) is 0 Å². The lowest BCUT2D eigenvalue weighted by Gasteiger charge is -2.27. The third-order valence-electron chi connectivity index (χ3n) is 4.31. The Morgan fingerprint density at radius 2 is 1.24 bits per heavy atom. The highest BCUT2D eigenvalue weighted by molar-refractivity contribution is 5.61. The van der Waals surface area contributed by atoms with Crippen molar-refractivity contribution in [2.24, 2.45) is 0 Å². The number of nitrogens with one attached hydrogen (secondary N) is 2. The highest BCUT2D eigenvalue weighted by atomic mass is 16.3. The van der Waals surface area contributed by atoms with E-state index in [0.29, 0.717) is 24.5 Å². The molecule has 0 saturated heterocycles. The lowest BCUT2D eigenvalue weighted by Crippen LogP contribution is -2.19. The summed E-state index contributed by atoms with van der Waals surface area (Å²) in [6.45, 7) is 12.6. The second-order valence-corrected chi connectivity index (χ2v) is 6.43. The van der Waals surface area contributed by atoms with Crippen LogP contribution in [-0.4, -0.2) is 23.3 Å². The summed E-state index contributed by atoms with van der Waals surface area (Å²) in [5, 5.41) is 26.7. The molecular weight excluding hydrogens is 312 g/mol. The van der Waals surface area contributed by atoms with Crippen molar-refractivity contribution in [1.29, 1.82) is 0 Å². The first-order valence-corrected chi connectivity index (χ1v) is 8.26. The number of benzene rings is 2. The number of hydrogen-bond acceptors (Lipinski definition) is 4. The zero-order chi connectivity index (χ0) is 18.4. The van der Waals surface area contributed by atoms with Crippen LogP contribution in [0.4, 0.5) is 11.4 Å². The SMILES string of the molecule is C=CCNc1ccc(C(C)(C)c2ccc(NCC=C)c(O)c2)cc1O. The molecule has 2 rings (SSSR count). The Labute approximate surface area is 149 Å². The molecule has 132 valence electrons. The van der Waals surface area contributed by atoms with Crippen LogP contribution in [0.1, 0.15) is 25.0 Å². The minimum absolute atomic E-state index is 0.195. The molecule has 0 aliphatic heterocycles. The minimum atomic E-state index is -0.372. The second-order valence-electron chi connectivity index (χ2n) is 6.43. The highest BCUT2D eigenvalue weighted by Crippen LogP contribution is 2.38. The van der Waals surface area contributed by atoms with Crippen LogP contribution in [0.3, 0.4) is 0 Å². The number of rotatable bonds is 8. The van der Waals surface area contributed by atoms with Gasteiger partial charge in [0.05, 0.1) is 11.4 Å². The van der Waals surface area contributed by atoms with E-state index in [2.05, 4.69) is 37.6 Å². The molecule has 2 aromatic rings. The Kier molecular flexibility index (Phi) is 5.75. The normalized spacial score (nSPS) is 11.0. The largest absolute Gasteiger partial charge is 0.506 e. The average molecular weight is 338 g/mol. The topological polar surface area (TPSA) is 64.5 Å². The fraction of sp³-hybridized carbons (Fsp3) is 0.238. The molecule has 4 nitrogen and oxygen atoms in total. The van der Waals surface area contributed by atoms with Gasteiger partial charge in [-0.2, -0.15) is 0 Å². The molecule has 0 aliphatic rings. The molecule has 0 radical (unpaired) electrons. The zero-order valence-corrected chi connectivity index (χ0v) is 14.8. The standard InChI is InChI=1S/C21H26N2O2/c1-5-11-22-17-9-7-15(13-19(17)24)21(3,4)16-8-10-18(20(25)14-16)23-12-6-2/h5-10,13-14,22-25H,1-2,11-12H2,3-4H3. The Morgan fingerprint density at radius 3 is 1.56 bits per heavy atom. The van der Waals surface area contributed by atoms with Crippen molar-refractivity contribution >= 4 is 11.4 Å². The summed E-state index contributed by atoms with van der Waals surface area (Å²) >= 11 is 0. The maximum atomic E-state index is 10.3. The van der Waals surface area contributed by atoms with Crippen LogP contribution in [0.25, 0.3) is 0 Å². The van der Waals surface area contributed by atoms with Gasteiger partial charge < -0.3 is 20.8 Å². The predicted molar refractivity (Wildman–Crippen MR) is 106 cm³/mol. The van der Waals surface area contributed by atoms with Gasteiger partial charge in [0, 0.05) is 18.5 Å². The Morgan fingerprint density at radius 1 is 0.840 bits per heavy atom. The first-order chi connectivity index (χ1) is 11.9. The van der Waals surface area contributed by atoms with Crippen molar-refractivity contribution in [1.82, 2.24) is 0 Å². The van der Waals surface area contributed by atoms with E-state index in [4.69, 9.17) is 0 Å². The molecule has 25 heavy (non-hydrogen) atoms. The van der Waals surface area contributed by atoms with Gasteiger partial charge in [-0.15, -0.1) is 13.2 Å². The lowest BCUT2D eigenvalue weighted by atomic mass is 9.78. The van der Waals surface area contributed by atoms with Gasteiger partial charge in [0.25, 0.3) is 0 Å². The summed E-state index contributed by atoms with van der Waals surface area (Å²) in [6.07, 6.45) is 3.48. The molecule has 0 unspecified atom stereocenters.